The minimum atomic E-state index is -1.67. The van der Waals surface area contributed by atoms with E-state index in [2.05, 4.69) is 10.6 Å². The Bertz CT molecular complexity index is 1170. The number of carboxylic acids is 2. The standard InChI is InChI=1S/C26H30F2N2O6S2/c1-15(2)12-20(25(35)36)30-23(32)17(24(33)34)13-26(3,38-37-21-11-7-6-10-19(21)28)14-29-22(31)16-8-4-5-9-18(16)27/h4-11,15,17,20H,12-14H2,1-3H3,(H,29,31)(H,30,32)(H,33,34)(H,35,36). The van der Waals surface area contributed by atoms with Crippen LogP contribution in [-0.4, -0.2) is 51.3 Å². The van der Waals surface area contributed by atoms with Crippen molar-refractivity contribution in [2.24, 2.45) is 11.8 Å². The van der Waals surface area contributed by atoms with Gasteiger partial charge in [-0.2, -0.15) is 0 Å². The quantitative estimate of drug-likeness (QED) is 0.192. The van der Waals surface area contributed by atoms with E-state index in [4.69, 9.17) is 0 Å². The highest BCUT2D eigenvalue weighted by molar-refractivity contribution is 8.77. The smallest absolute Gasteiger partial charge is 0.326 e. The van der Waals surface area contributed by atoms with Crippen molar-refractivity contribution in [3.8, 4) is 0 Å². The average Bonchev–Trinajstić information content (AvgIpc) is 2.85. The summed E-state index contributed by atoms with van der Waals surface area (Å²) < 4.78 is 27.1. The molecule has 3 atom stereocenters. The second-order valence-electron chi connectivity index (χ2n) is 9.33. The molecule has 0 bridgehead atoms. The normalized spacial score (nSPS) is 14.3. The Hall–Kier alpha value is -3.12. The number of aliphatic carboxylic acids is 2. The molecular formula is C26H30F2N2O6S2. The number of carbonyl (C=O) groups excluding carboxylic acids is 2. The lowest BCUT2D eigenvalue weighted by Crippen LogP contribution is -2.49. The lowest BCUT2D eigenvalue weighted by molar-refractivity contribution is -0.150. The Balaban J connectivity index is 2.28. The van der Waals surface area contributed by atoms with E-state index >= 15 is 0 Å². The first kappa shape index (κ1) is 31.1. The lowest BCUT2D eigenvalue weighted by Gasteiger charge is -2.31. The largest absolute Gasteiger partial charge is 0.481 e. The first-order valence-electron chi connectivity index (χ1n) is 11.7. The van der Waals surface area contributed by atoms with Crippen LogP contribution in [0.2, 0.25) is 0 Å². The molecule has 0 spiro atoms. The summed E-state index contributed by atoms with van der Waals surface area (Å²) in [5.41, 5.74) is -0.216. The molecule has 8 nitrogen and oxygen atoms in total. The fraction of sp³-hybridized carbons (Fsp3) is 0.385. The molecule has 0 fully saturated rings. The Kier molecular flexibility index (Phi) is 11.6. The Morgan fingerprint density at radius 1 is 0.947 bits per heavy atom. The molecule has 0 saturated heterocycles. The van der Waals surface area contributed by atoms with Crippen LogP contribution in [0.25, 0.3) is 0 Å². The molecule has 0 radical (unpaired) electrons. The van der Waals surface area contributed by atoms with Crippen molar-refractivity contribution in [2.75, 3.05) is 6.54 Å². The number of amides is 2. The Labute approximate surface area is 227 Å². The van der Waals surface area contributed by atoms with Gasteiger partial charge in [-0.25, -0.2) is 13.6 Å². The van der Waals surface area contributed by atoms with Gasteiger partial charge in [0.25, 0.3) is 5.91 Å². The summed E-state index contributed by atoms with van der Waals surface area (Å²) in [6.07, 6.45) is -0.243. The van der Waals surface area contributed by atoms with Crippen molar-refractivity contribution in [1.29, 1.82) is 0 Å². The fourth-order valence-electron chi connectivity index (χ4n) is 3.49. The molecule has 4 N–H and O–H groups in total. The van der Waals surface area contributed by atoms with Gasteiger partial charge in [-0.1, -0.05) is 59.7 Å². The van der Waals surface area contributed by atoms with Gasteiger partial charge in [-0.15, -0.1) is 0 Å². The molecule has 3 unspecified atom stereocenters. The van der Waals surface area contributed by atoms with Crippen molar-refractivity contribution >= 4 is 45.3 Å². The molecule has 0 saturated carbocycles. The second kappa shape index (κ2) is 14.1. The minimum Gasteiger partial charge on any atom is -0.481 e. The van der Waals surface area contributed by atoms with Gasteiger partial charge >= 0.3 is 11.9 Å². The number of carbonyl (C=O) groups is 4. The van der Waals surface area contributed by atoms with Crippen LogP contribution in [0, 0.1) is 23.5 Å². The number of benzene rings is 2. The van der Waals surface area contributed by atoms with E-state index in [0.717, 1.165) is 27.7 Å². The number of nitrogens with one attached hydrogen (secondary N) is 2. The molecule has 206 valence electrons. The summed E-state index contributed by atoms with van der Waals surface area (Å²) in [5, 5.41) is 24.2. The molecule has 2 rings (SSSR count). The first-order chi connectivity index (χ1) is 17.8. The predicted molar refractivity (Wildman–Crippen MR) is 142 cm³/mol. The summed E-state index contributed by atoms with van der Waals surface area (Å²) in [5.74, 6) is -7.51. The van der Waals surface area contributed by atoms with Crippen molar-refractivity contribution in [3.05, 3.63) is 65.7 Å². The van der Waals surface area contributed by atoms with E-state index in [9.17, 15) is 38.2 Å². The fourth-order valence-corrected chi connectivity index (χ4v) is 6.09. The third kappa shape index (κ3) is 9.32. The van der Waals surface area contributed by atoms with Crippen LogP contribution >= 0.6 is 21.6 Å². The van der Waals surface area contributed by atoms with E-state index < -0.39 is 52.1 Å². The molecule has 12 heteroatoms. The predicted octanol–water partition coefficient (Wildman–Crippen LogP) is 4.60. The van der Waals surface area contributed by atoms with Crippen LogP contribution in [-0.2, 0) is 14.4 Å². The summed E-state index contributed by atoms with van der Waals surface area (Å²) in [4.78, 5) is 49.5. The molecule has 2 aromatic carbocycles. The maximum absolute atomic E-state index is 14.2. The first-order valence-corrected chi connectivity index (χ1v) is 13.9. The number of rotatable bonds is 14. The van der Waals surface area contributed by atoms with Crippen LogP contribution in [0.5, 0.6) is 0 Å². The number of carboxylic acid groups (broad SMARTS) is 2. The van der Waals surface area contributed by atoms with E-state index in [0.29, 0.717) is 0 Å². The number of halogens is 2. The summed E-state index contributed by atoms with van der Waals surface area (Å²) in [6, 6.07) is 9.96. The van der Waals surface area contributed by atoms with Gasteiger partial charge in [0.15, 0.2) is 0 Å². The highest BCUT2D eigenvalue weighted by Gasteiger charge is 2.39. The van der Waals surface area contributed by atoms with E-state index in [1.165, 1.54) is 36.4 Å². The highest BCUT2D eigenvalue weighted by atomic mass is 33.1. The van der Waals surface area contributed by atoms with Crippen LogP contribution in [0.4, 0.5) is 8.78 Å². The second-order valence-corrected chi connectivity index (χ2v) is 12.1. The third-order valence-electron chi connectivity index (χ3n) is 5.48. The maximum atomic E-state index is 14.2. The van der Waals surface area contributed by atoms with Gasteiger partial charge in [0, 0.05) is 11.3 Å². The zero-order valence-corrected chi connectivity index (χ0v) is 22.7. The topological polar surface area (TPSA) is 133 Å². The van der Waals surface area contributed by atoms with Gasteiger partial charge in [0.1, 0.15) is 23.6 Å². The SMILES string of the molecule is CC(C)CC(NC(=O)C(CC(C)(CNC(=O)c1ccccc1F)SSc1ccccc1F)C(=O)O)C(=O)O. The molecule has 0 aliphatic rings. The highest BCUT2D eigenvalue weighted by Crippen LogP contribution is 2.44. The zero-order valence-electron chi connectivity index (χ0n) is 21.1. The molecule has 0 aliphatic carbocycles. The Morgan fingerprint density at radius 3 is 2.11 bits per heavy atom. The number of hydrogen-bond donors (Lipinski definition) is 4. The summed E-state index contributed by atoms with van der Waals surface area (Å²) in [6.45, 7) is 4.92. The monoisotopic (exact) mass is 568 g/mol. The van der Waals surface area contributed by atoms with Crippen molar-refractivity contribution < 1.29 is 38.2 Å². The van der Waals surface area contributed by atoms with Crippen molar-refractivity contribution in [1.82, 2.24) is 10.6 Å². The van der Waals surface area contributed by atoms with Gasteiger partial charge in [-0.05, 0) is 49.9 Å². The maximum Gasteiger partial charge on any atom is 0.326 e. The third-order valence-corrected chi connectivity index (χ3v) is 8.79. The molecule has 0 aromatic heterocycles. The molecule has 2 aromatic rings. The number of hydrogen-bond acceptors (Lipinski definition) is 6. The van der Waals surface area contributed by atoms with Crippen molar-refractivity contribution in [2.45, 2.75) is 49.3 Å². The van der Waals surface area contributed by atoms with E-state index in [-0.39, 0.29) is 35.8 Å². The summed E-state index contributed by atoms with van der Waals surface area (Å²) in [7, 11) is 2.03. The lowest BCUT2D eigenvalue weighted by atomic mass is 9.93. The van der Waals surface area contributed by atoms with Crippen LogP contribution in [0.1, 0.15) is 44.0 Å². The molecule has 38 heavy (non-hydrogen) atoms. The van der Waals surface area contributed by atoms with Crippen LogP contribution < -0.4 is 10.6 Å². The summed E-state index contributed by atoms with van der Waals surface area (Å²) >= 11 is 0. The van der Waals surface area contributed by atoms with E-state index in [1.54, 1.807) is 26.8 Å². The zero-order chi connectivity index (χ0) is 28.5. The molecule has 0 aliphatic heterocycles. The van der Waals surface area contributed by atoms with Gasteiger partial charge in [0.05, 0.1) is 10.5 Å². The Morgan fingerprint density at radius 2 is 1.55 bits per heavy atom. The minimum absolute atomic E-state index is 0.0775. The van der Waals surface area contributed by atoms with Gasteiger partial charge in [-0.3, -0.25) is 14.4 Å². The van der Waals surface area contributed by atoms with Crippen LogP contribution in [0.15, 0.2) is 53.4 Å². The molecular weight excluding hydrogens is 538 g/mol. The van der Waals surface area contributed by atoms with Gasteiger partial charge in [0.2, 0.25) is 5.91 Å². The van der Waals surface area contributed by atoms with E-state index in [1.807, 2.05) is 0 Å². The van der Waals surface area contributed by atoms with Crippen LogP contribution in [0.3, 0.4) is 0 Å². The molecule has 0 heterocycles. The van der Waals surface area contributed by atoms with Crippen molar-refractivity contribution in [3.63, 3.8) is 0 Å². The molecule has 2 amide bonds. The average molecular weight is 569 g/mol. The van der Waals surface area contributed by atoms with Gasteiger partial charge < -0.3 is 20.8 Å².